The van der Waals surface area contributed by atoms with Gasteiger partial charge >= 0.3 is 0 Å². The molecule has 2 N–H and O–H groups in total. The average Bonchev–Trinajstić information content (AvgIpc) is 2.79. The molecule has 3 rings (SSSR count). The van der Waals surface area contributed by atoms with Crippen molar-refractivity contribution in [1.29, 1.82) is 0 Å². The van der Waals surface area contributed by atoms with Gasteiger partial charge in [-0.3, -0.25) is 4.79 Å². The molecule has 1 aliphatic rings. The maximum Gasteiger partial charge on any atom is 0.240 e. The second-order valence-corrected chi connectivity index (χ2v) is 5.89. The number of carbonyl (C=O) groups is 1. The Kier molecular flexibility index (Phi) is 3.10. The summed E-state index contributed by atoms with van der Waals surface area (Å²) in [5.41, 5.74) is 3.40. The van der Waals surface area contributed by atoms with Gasteiger partial charge in [0.05, 0.1) is 17.7 Å². The molecule has 6 heteroatoms. The zero-order valence-corrected chi connectivity index (χ0v) is 12.0. The standard InChI is InChI=1S/C14H14N2O3S/c1-7-3-13(18)15-16-14(7)12-5-8-4-9(17)10(19-2)6-11(8)20-12/h4-7,17H,3H2,1-2H3,(H,15,18). The van der Waals surface area contributed by atoms with Gasteiger partial charge in [-0.15, -0.1) is 11.3 Å². The number of nitrogens with zero attached hydrogens (tertiary/aromatic N) is 1. The van der Waals surface area contributed by atoms with Gasteiger partial charge in [0, 0.05) is 23.1 Å². The zero-order chi connectivity index (χ0) is 14.3. The van der Waals surface area contributed by atoms with Crippen LogP contribution >= 0.6 is 11.3 Å². The highest BCUT2D eigenvalue weighted by atomic mass is 32.1. The van der Waals surface area contributed by atoms with E-state index < -0.39 is 0 Å². The van der Waals surface area contributed by atoms with Gasteiger partial charge in [0.15, 0.2) is 11.5 Å². The summed E-state index contributed by atoms with van der Waals surface area (Å²) >= 11 is 1.57. The lowest BCUT2D eigenvalue weighted by atomic mass is 9.99. The molecular formula is C14H14N2O3S. The van der Waals surface area contributed by atoms with Crippen LogP contribution in [-0.4, -0.2) is 23.8 Å². The predicted octanol–water partition coefficient (Wildman–Crippen LogP) is 2.48. The van der Waals surface area contributed by atoms with Crippen LogP contribution in [0.3, 0.4) is 0 Å². The summed E-state index contributed by atoms with van der Waals surface area (Å²) in [6, 6.07) is 5.47. The highest BCUT2D eigenvalue weighted by molar-refractivity contribution is 7.21. The van der Waals surface area contributed by atoms with Crippen molar-refractivity contribution in [2.75, 3.05) is 7.11 Å². The van der Waals surface area contributed by atoms with Crippen LogP contribution < -0.4 is 10.2 Å². The Balaban J connectivity index is 2.07. The molecule has 1 aliphatic heterocycles. The zero-order valence-electron chi connectivity index (χ0n) is 11.1. The molecule has 0 aliphatic carbocycles. The third-order valence-corrected chi connectivity index (χ3v) is 4.45. The Morgan fingerprint density at radius 3 is 2.95 bits per heavy atom. The number of nitrogens with one attached hydrogen (secondary N) is 1. The van der Waals surface area contributed by atoms with Gasteiger partial charge in [0.2, 0.25) is 5.91 Å². The first-order valence-corrected chi connectivity index (χ1v) is 7.07. The van der Waals surface area contributed by atoms with Gasteiger partial charge in [0.25, 0.3) is 0 Å². The summed E-state index contributed by atoms with van der Waals surface area (Å²) in [4.78, 5) is 12.3. The van der Waals surface area contributed by atoms with Crippen molar-refractivity contribution < 1.29 is 14.6 Å². The van der Waals surface area contributed by atoms with E-state index in [1.165, 1.54) is 7.11 Å². The molecule has 20 heavy (non-hydrogen) atoms. The minimum Gasteiger partial charge on any atom is -0.504 e. The van der Waals surface area contributed by atoms with Crippen molar-refractivity contribution in [3.63, 3.8) is 0 Å². The monoisotopic (exact) mass is 290 g/mol. The first-order chi connectivity index (χ1) is 9.58. The molecule has 0 bridgehead atoms. The van der Waals surface area contributed by atoms with Crippen LogP contribution in [0.15, 0.2) is 23.3 Å². The molecule has 2 heterocycles. The Bertz CT molecular complexity index is 721. The number of hydrogen-bond donors (Lipinski definition) is 2. The third-order valence-electron chi connectivity index (χ3n) is 3.33. The number of thiophene rings is 1. The lowest BCUT2D eigenvalue weighted by molar-refractivity contribution is -0.121. The van der Waals surface area contributed by atoms with Crippen LogP contribution in [0.5, 0.6) is 11.5 Å². The van der Waals surface area contributed by atoms with Gasteiger partial charge < -0.3 is 9.84 Å². The molecule has 1 aromatic heterocycles. The Morgan fingerprint density at radius 1 is 1.45 bits per heavy atom. The maximum atomic E-state index is 11.3. The van der Waals surface area contributed by atoms with Crippen LogP contribution in [0.25, 0.3) is 10.1 Å². The van der Waals surface area contributed by atoms with Crippen molar-refractivity contribution in [1.82, 2.24) is 5.43 Å². The van der Waals surface area contributed by atoms with Gasteiger partial charge in [-0.2, -0.15) is 5.10 Å². The number of fused-ring (bicyclic) bond motifs is 1. The number of amides is 1. The highest BCUT2D eigenvalue weighted by Crippen LogP contribution is 2.36. The third kappa shape index (κ3) is 2.12. The number of methoxy groups -OCH3 is 1. The van der Waals surface area contributed by atoms with E-state index in [4.69, 9.17) is 4.74 Å². The van der Waals surface area contributed by atoms with E-state index in [0.29, 0.717) is 12.2 Å². The van der Waals surface area contributed by atoms with Gasteiger partial charge in [-0.1, -0.05) is 6.92 Å². The number of hydrogen-bond acceptors (Lipinski definition) is 5. The van der Waals surface area contributed by atoms with Crippen LogP contribution in [0, 0.1) is 5.92 Å². The first-order valence-electron chi connectivity index (χ1n) is 6.26. The van der Waals surface area contributed by atoms with E-state index in [1.807, 2.05) is 19.1 Å². The molecular weight excluding hydrogens is 276 g/mol. The lowest BCUT2D eigenvalue weighted by Crippen LogP contribution is -2.31. The number of rotatable bonds is 2. The topological polar surface area (TPSA) is 70.9 Å². The van der Waals surface area contributed by atoms with E-state index in [9.17, 15) is 9.90 Å². The molecule has 0 spiro atoms. The molecule has 0 radical (unpaired) electrons. The molecule has 5 nitrogen and oxygen atoms in total. The van der Waals surface area contributed by atoms with Crippen molar-refractivity contribution in [3.05, 3.63) is 23.1 Å². The molecule has 1 aromatic carbocycles. The number of aromatic hydroxyl groups is 1. The Hall–Kier alpha value is -2.08. The minimum absolute atomic E-state index is 0.0540. The quantitative estimate of drug-likeness (QED) is 0.892. The lowest BCUT2D eigenvalue weighted by Gasteiger charge is -2.17. The van der Waals surface area contributed by atoms with E-state index in [1.54, 1.807) is 17.4 Å². The fourth-order valence-corrected chi connectivity index (χ4v) is 3.47. The van der Waals surface area contributed by atoms with Crippen LogP contribution in [0.2, 0.25) is 0 Å². The number of carbonyl (C=O) groups excluding carboxylic acids is 1. The van der Waals surface area contributed by atoms with Crippen LogP contribution in [0.1, 0.15) is 18.2 Å². The second kappa shape index (κ2) is 4.79. The van der Waals surface area contributed by atoms with Gasteiger partial charge in [-0.25, -0.2) is 5.43 Å². The minimum atomic E-state index is -0.0540. The summed E-state index contributed by atoms with van der Waals surface area (Å²) in [6.45, 7) is 1.99. The normalized spacial score (nSPS) is 18.8. The molecule has 0 saturated heterocycles. The van der Waals surface area contributed by atoms with E-state index in [-0.39, 0.29) is 17.6 Å². The molecule has 0 fully saturated rings. The number of benzene rings is 1. The molecule has 1 atom stereocenters. The summed E-state index contributed by atoms with van der Waals surface area (Å²) in [5.74, 6) is 0.614. The summed E-state index contributed by atoms with van der Waals surface area (Å²) in [6.07, 6.45) is 0.446. The van der Waals surface area contributed by atoms with Crippen molar-refractivity contribution in [3.8, 4) is 11.5 Å². The molecule has 104 valence electrons. The molecule has 2 aromatic rings. The molecule has 1 unspecified atom stereocenters. The van der Waals surface area contributed by atoms with Gasteiger partial charge in [-0.05, 0) is 17.5 Å². The predicted molar refractivity (Wildman–Crippen MR) is 78.5 cm³/mol. The summed E-state index contributed by atoms with van der Waals surface area (Å²) in [5, 5.41) is 14.9. The number of ether oxygens (including phenoxy) is 1. The average molecular weight is 290 g/mol. The smallest absolute Gasteiger partial charge is 0.240 e. The number of hydrazone groups is 1. The summed E-state index contributed by atoms with van der Waals surface area (Å²) < 4.78 is 6.13. The van der Waals surface area contributed by atoms with Crippen LogP contribution in [-0.2, 0) is 4.79 Å². The van der Waals surface area contributed by atoms with E-state index >= 15 is 0 Å². The van der Waals surface area contributed by atoms with Crippen LogP contribution in [0.4, 0.5) is 0 Å². The molecule has 1 amide bonds. The van der Waals surface area contributed by atoms with Gasteiger partial charge in [0.1, 0.15) is 0 Å². The maximum absolute atomic E-state index is 11.3. The highest BCUT2D eigenvalue weighted by Gasteiger charge is 2.23. The fourth-order valence-electron chi connectivity index (χ4n) is 2.30. The van der Waals surface area contributed by atoms with E-state index in [2.05, 4.69) is 10.5 Å². The largest absolute Gasteiger partial charge is 0.504 e. The van der Waals surface area contributed by atoms with Crippen molar-refractivity contribution in [2.24, 2.45) is 11.0 Å². The summed E-state index contributed by atoms with van der Waals surface area (Å²) in [7, 11) is 1.53. The fraction of sp³-hybridized carbons (Fsp3) is 0.286. The number of phenolic OH excluding ortho intramolecular Hbond substituents is 1. The van der Waals surface area contributed by atoms with Crippen molar-refractivity contribution >= 4 is 33.0 Å². The number of phenols is 1. The van der Waals surface area contributed by atoms with Crippen molar-refractivity contribution in [2.45, 2.75) is 13.3 Å². The second-order valence-electron chi connectivity index (χ2n) is 4.81. The SMILES string of the molecule is COc1cc2sc(C3=NNC(=O)CC3C)cc2cc1O. The Labute approximate surface area is 119 Å². The first kappa shape index (κ1) is 12.9. The van der Waals surface area contributed by atoms with E-state index in [0.717, 1.165) is 20.7 Å². The molecule has 0 saturated carbocycles. The Morgan fingerprint density at radius 2 is 2.25 bits per heavy atom.